The average molecular weight is 512 g/mol. The van der Waals surface area contributed by atoms with Crippen LogP contribution in [-0.2, 0) is 24.2 Å². The minimum Gasteiger partial charge on any atom is -0.317 e. The van der Waals surface area contributed by atoms with Crippen LogP contribution in [0.5, 0.6) is 0 Å². The standard InChI is InChI=1S/C27H29N3OS2.ClH/c1-5-30-11-10-19-23(15-30)33-27(25(19)26-28-21-8-6-7-9-22(21)32-26)29-24(31)14-20-17(3)12-16(2)13-18(20)4;/h6-9,12-13H,5,10-11,14-15H2,1-4H3,(H,29,31);1H. The van der Waals surface area contributed by atoms with Crippen molar-refractivity contribution in [1.29, 1.82) is 0 Å². The number of nitrogens with zero attached hydrogens (tertiary/aromatic N) is 2. The zero-order chi connectivity index (χ0) is 23.1. The number of thiophene rings is 1. The summed E-state index contributed by atoms with van der Waals surface area (Å²) in [4.78, 5) is 22.0. The maximum absolute atomic E-state index is 13.2. The van der Waals surface area contributed by atoms with E-state index in [4.69, 9.17) is 4.98 Å². The van der Waals surface area contributed by atoms with Gasteiger partial charge in [0.15, 0.2) is 0 Å². The number of amides is 1. The topological polar surface area (TPSA) is 45.2 Å². The molecule has 0 saturated heterocycles. The van der Waals surface area contributed by atoms with Crippen molar-refractivity contribution in [2.45, 2.75) is 47.1 Å². The van der Waals surface area contributed by atoms with Gasteiger partial charge in [0, 0.05) is 23.5 Å². The Morgan fingerprint density at radius 1 is 1.12 bits per heavy atom. The molecule has 0 fully saturated rings. The average Bonchev–Trinajstić information content (AvgIpc) is 3.35. The lowest BCUT2D eigenvalue weighted by Gasteiger charge is -2.25. The van der Waals surface area contributed by atoms with Gasteiger partial charge in [0.25, 0.3) is 0 Å². The Labute approximate surface area is 215 Å². The fraction of sp³-hybridized carbons (Fsp3) is 0.333. The molecule has 4 aromatic rings. The molecule has 3 heterocycles. The first kappa shape index (κ1) is 24.9. The van der Waals surface area contributed by atoms with Gasteiger partial charge in [-0.1, -0.05) is 36.8 Å². The molecule has 0 radical (unpaired) electrons. The first-order valence-corrected chi connectivity index (χ1v) is 13.2. The van der Waals surface area contributed by atoms with Gasteiger partial charge in [0.1, 0.15) is 10.0 Å². The third-order valence-corrected chi connectivity index (χ3v) is 8.71. The van der Waals surface area contributed by atoms with Gasteiger partial charge in [-0.25, -0.2) is 4.98 Å². The van der Waals surface area contributed by atoms with Crippen LogP contribution in [0.4, 0.5) is 5.00 Å². The van der Waals surface area contributed by atoms with Gasteiger partial charge in [0.05, 0.1) is 16.6 Å². The van der Waals surface area contributed by atoms with Crippen molar-refractivity contribution < 1.29 is 4.79 Å². The fourth-order valence-corrected chi connectivity index (χ4v) is 7.26. The number of hydrogen-bond donors (Lipinski definition) is 1. The summed E-state index contributed by atoms with van der Waals surface area (Å²) in [5, 5.41) is 5.25. The number of hydrogen-bond acceptors (Lipinski definition) is 5. The normalized spacial score (nSPS) is 13.5. The Morgan fingerprint density at radius 3 is 2.56 bits per heavy atom. The van der Waals surface area contributed by atoms with E-state index in [1.807, 2.05) is 6.07 Å². The third kappa shape index (κ3) is 4.78. The lowest BCUT2D eigenvalue weighted by atomic mass is 9.97. The van der Waals surface area contributed by atoms with Gasteiger partial charge in [-0.05, 0) is 68.1 Å². The van der Waals surface area contributed by atoms with E-state index in [1.54, 1.807) is 22.7 Å². The van der Waals surface area contributed by atoms with E-state index < -0.39 is 0 Å². The lowest BCUT2D eigenvalue weighted by molar-refractivity contribution is -0.115. The summed E-state index contributed by atoms with van der Waals surface area (Å²) in [5.41, 5.74) is 8.24. The number of fused-ring (bicyclic) bond motifs is 2. The summed E-state index contributed by atoms with van der Waals surface area (Å²) in [6.45, 7) is 11.5. The van der Waals surface area contributed by atoms with E-state index in [2.05, 4.69) is 68.2 Å². The Balaban J connectivity index is 0.00000274. The maximum Gasteiger partial charge on any atom is 0.229 e. The largest absolute Gasteiger partial charge is 0.317 e. The molecular formula is C27H30ClN3OS2. The number of carbonyl (C=O) groups excluding carboxylic acids is 1. The molecule has 7 heteroatoms. The molecule has 2 aromatic heterocycles. The Morgan fingerprint density at radius 2 is 1.85 bits per heavy atom. The molecule has 34 heavy (non-hydrogen) atoms. The summed E-state index contributed by atoms with van der Waals surface area (Å²) in [6.07, 6.45) is 1.39. The quantitative estimate of drug-likeness (QED) is 0.316. The molecule has 0 bridgehead atoms. The Hall–Kier alpha value is -2.25. The molecule has 178 valence electrons. The number of halogens is 1. The number of nitrogens with one attached hydrogen (secondary N) is 1. The first-order chi connectivity index (χ1) is 15.9. The molecule has 0 unspecified atom stereocenters. The molecular weight excluding hydrogens is 482 g/mol. The van der Waals surface area contributed by atoms with Gasteiger partial charge in [-0.2, -0.15) is 0 Å². The monoisotopic (exact) mass is 511 g/mol. The maximum atomic E-state index is 13.2. The molecule has 1 aliphatic heterocycles. The van der Waals surface area contributed by atoms with Gasteiger partial charge in [-0.3, -0.25) is 9.69 Å². The van der Waals surface area contributed by atoms with Crippen molar-refractivity contribution in [3.8, 4) is 10.6 Å². The number of aromatic nitrogens is 1. The van der Waals surface area contributed by atoms with Crippen LogP contribution in [0.3, 0.4) is 0 Å². The minimum absolute atomic E-state index is 0. The van der Waals surface area contributed by atoms with Crippen LogP contribution in [0.25, 0.3) is 20.8 Å². The first-order valence-electron chi connectivity index (χ1n) is 11.5. The predicted octanol–water partition coefficient (Wildman–Crippen LogP) is 6.93. The van der Waals surface area contributed by atoms with Crippen molar-refractivity contribution >= 4 is 56.2 Å². The van der Waals surface area contributed by atoms with E-state index in [0.29, 0.717) is 6.42 Å². The van der Waals surface area contributed by atoms with Crippen LogP contribution >= 0.6 is 35.1 Å². The number of anilines is 1. The number of rotatable bonds is 5. The number of benzene rings is 2. The number of thiazole rings is 1. The second-order valence-electron chi connectivity index (χ2n) is 8.92. The molecule has 0 aliphatic carbocycles. The summed E-state index contributed by atoms with van der Waals surface area (Å²) >= 11 is 3.45. The van der Waals surface area contributed by atoms with E-state index in [1.165, 1.54) is 31.8 Å². The second-order valence-corrected chi connectivity index (χ2v) is 11.1. The smallest absolute Gasteiger partial charge is 0.229 e. The SMILES string of the molecule is CCN1CCc2c(sc(NC(=O)Cc3c(C)cc(C)cc3C)c2-c2nc3ccccc3s2)C1.Cl. The van der Waals surface area contributed by atoms with E-state index in [-0.39, 0.29) is 18.3 Å². The Bertz CT molecular complexity index is 1300. The fourth-order valence-electron chi connectivity index (χ4n) is 4.84. The van der Waals surface area contributed by atoms with Crippen LogP contribution in [0.2, 0.25) is 0 Å². The lowest BCUT2D eigenvalue weighted by Crippen LogP contribution is -2.29. The highest BCUT2D eigenvalue weighted by Gasteiger charge is 2.27. The van der Waals surface area contributed by atoms with Crippen LogP contribution in [0.1, 0.15) is 39.6 Å². The molecule has 1 amide bonds. The van der Waals surface area contributed by atoms with Crippen molar-refractivity contribution in [2.75, 3.05) is 18.4 Å². The van der Waals surface area contributed by atoms with Crippen LogP contribution < -0.4 is 5.32 Å². The molecule has 0 spiro atoms. The zero-order valence-electron chi connectivity index (χ0n) is 20.0. The summed E-state index contributed by atoms with van der Waals surface area (Å²) in [6, 6.07) is 12.6. The van der Waals surface area contributed by atoms with Crippen LogP contribution in [0, 0.1) is 20.8 Å². The minimum atomic E-state index is 0. The highest BCUT2D eigenvalue weighted by molar-refractivity contribution is 7.22. The predicted molar refractivity (Wildman–Crippen MR) is 148 cm³/mol. The van der Waals surface area contributed by atoms with Gasteiger partial charge < -0.3 is 5.32 Å². The van der Waals surface area contributed by atoms with Crippen molar-refractivity contribution in [3.63, 3.8) is 0 Å². The highest BCUT2D eigenvalue weighted by atomic mass is 35.5. The van der Waals surface area contributed by atoms with Crippen molar-refractivity contribution in [2.24, 2.45) is 0 Å². The van der Waals surface area contributed by atoms with Crippen molar-refractivity contribution in [1.82, 2.24) is 9.88 Å². The number of aryl methyl sites for hydroxylation is 3. The second kappa shape index (κ2) is 10.2. The highest BCUT2D eigenvalue weighted by Crippen LogP contribution is 2.45. The molecule has 1 N–H and O–H groups in total. The van der Waals surface area contributed by atoms with E-state index in [0.717, 1.165) is 52.7 Å². The molecule has 2 aromatic carbocycles. The summed E-state index contributed by atoms with van der Waals surface area (Å²) < 4.78 is 1.18. The molecule has 5 rings (SSSR count). The molecule has 1 aliphatic rings. The van der Waals surface area contributed by atoms with Gasteiger partial charge in [-0.15, -0.1) is 35.1 Å². The Kier molecular flexibility index (Phi) is 7.43. The van der Waals surface area contributed by atoms with Crippen LogP contribution in [-0.4, -0.2) is 28.9 Å². The van der Waals surface area contributed by atoms with E-state index in [9.17, 15) is 4.79 Å². The number of para-hydroxylation sites is 1. The molecule has 0 atom stereocenters. The van der Waals surface area contributed by atoms with Gasteiger partial charge >= 0.3 is 0 Å². The number of likely N-dealkylation sites (N-methyl/N-ethyl adjacent to an activating group) is 1. The molecule has 4 nitrogen and oxygen atoms in total. The van der Waals surface area contributed by atoms with Gasteiger partial charge in [0.2, 0.25) is 5.91 Å². The van der Waals surface area contributed by atoms with Crippen LogP contribution in [0.15, 0.2) is 36.4 Å². The molecule has 0 saturated carbocycles. The summed E-state index contributed by atoms with van der Waals surface area (Å²) in [5.74, 6) is 0.0401. The zero-order valence-corrected chi connectivity index (χ0v) is 22.5. The van der Waals surface area contributed by atoms with Crippen molar-refractivity contribution in [3.05, 3.63) is 69.1 Å². The third-order valence-electron chi connectivity index (χ3n) is 6.52. The number of carbonyl (C=O) groups is 1. The van der Waals surface area contributed by atoms with E-state index >= 15 is 0 Å². The summed E-state index contributed by atoms with van der Waals surface area (Å²) in [7, 11) is 0.